The van der Waals surface area contributed by atoms with Crippen molar-refractivity contribution in [1.82, 2.24) is 0 Å². The molecule has 0 fully saturated rings. The highest BCUT2D eigenvalue weighted by atomic mass is 32.2. The molecular weight excluding hydrogens is 98.1 g/mol. The summed E-state index contributed by atoms with van der Waals surface area (Å²) >= 11 is 1.52. The van der Waals surface area contributed by atoms with Gasteiger partial charge in [-0.1, -0.05) is 11.8 Å². The molecule has 1 aliphatic rings. The maximum Gasteiger partial charge on any atom is 0.247 e. The zero-order valence-corrected chi connectivity index (χ0v) is 3.94. The fourth-order valence-corrected chi connectivity index (χ4v) is 0.811. The van der Waals surface area contributed by atoms with E-state index < -0.39 is 0 Å². The molecule has 1 heterocycles. The fraction of sp³-hybridized carbons (Fsp3) is 0.333. The highest BCUT2D eigenvalue weighted by molar-refractivity contribution is 8.02. The Bertz CT molecular complexity index is 99.0. The summed E-state index contributed by atoms with van der Waals surface area (Å²) in [6, 6.07) is 0. The van der Waals surface area contributed by atoms with Crippen LogP contribution in [0.15, 0.2) is 11.6 Å². The Morgan fingerprint density at radius 2 is 2.67 bits per heavy atom. The summed E-state index contributed by atoms with van der Waals surface area (Å²) in [6.07, 6.45) is 1.52. The first-order valence-corrected chi connectivity index (χ1v) is 2.66. The summed E-state index contributed by atoms with van der Waals surface area (Å²) < 4.78 is 0.894. The maximum absolute atomic E-state index is 10.1. The SMILES string of the molecule is O=[N+]1C=CSC1. The van der Waals surface area contributed by atoms with Crippen molar-refractivity contribution in [1.29, 1.82) is 0 Å². The Kier molecular flexibility index (Phi) is 0.919. The Labute approximate surface area is 39.8 Å². The molecule has 0 N–H and O–H groups in total. The van der Waals surface area contributed by atoms with Gasteiger partial charge < -0.3 is 0 Å². The van der Waals surface area contributed by atoms with E-state index in [1.54, 1.807) is 5.41 Å². The van der Waals surface area contributed by atoms with Crippen molar-refractivity contribution in [3.8, 4) is 0 Å². The van der Waals surface area contributed by atoms with Gasteiger partial charge >= 0.3 is 0 Å². The van der Waals surface area contributed by atoms with Crippen molar-refractivity contribution >= 4 is 11.8 Å². The molecule has 0 aromatic carbocycles. The Morgan fingerprint density at radius 3 is 2.83 bits per heavy atom. The molecule has 0 atom stereocenters. The average Bonchev–Trinajstić information content (AvgIpc) is 1.86. The summed E-state index contributed by atoms with van der Waals surface area (Å²) in [5.74, 6) is 0.569. The summed E-state index contributed by atoms with van der Waals surface area (Å²) in [5.41, 5.74) is 0. The summed E-state index contributed by atoms with van der Waals surface area (Å²) in [4.78, 5) is 10.1. The third-order valence-corrected chi connectivity index (χ3v) is 1.24. The van der Waals surface area contributed by atoms with Crippen LogP contribution in [-0.2, 0) is 0 Å². The van der Waals surface area contributed by atoms with Gasteiger partial charge in [0.2, 0.25) is 12.1 Å². The van der Waals surface area contributed by atoms with E-state index in [0.717, 1.165) is 4.76 Å². The standard InChI is InChI=1S/C3H4NOS/c5-4-1-2-6-3-4/h1-2H,3H2/q+1. The van der Waals surface area contributed by atoms with Gasteiger partial charge in [0.15, 0.2) is 0 Å². The van der Waals surface area contributed by atoms with Crippen molar-refractivity contribution < 1.29 is 4.76 Å². The van der Waals surface area contributed by atoms with Crippen LogP contribution in [-0.4, -0.2) is 10.6 Å². The van der Waals surface area contributed by atoms with Crippen LogP contribution >= 0.6 is 11.8 Å². The minimum Gasteiger partial charge on any atom is -0.0526 e. The van der Waals surface area contributed by atoms with Crippen LogP contribution in [0.1, 0.15) is 0 Å². The molecule has 32 valence electrons. The van der Waals surface area contributed by atoms with E-state index in [9.17, 15) is 4.91 Å². The average molecular weight is 102 g/mol. The molecule has 1 aliphatic heterocycles. The number of hydrogen-bond donors (Lipinski definition) is 0. The number of rotatable bonds is 0. The highest BCUT2D eigenvalue weighted by Crippen LogP contribution is 2.08. The van der Waals surface area contributed by atoms with E-state index >= 15 is 0 Å². The predicted octanol–water partition coefficient (Wildman–Crippen LogP) is 0.941. The highest BCUT2D eigenvalue weighted by Gasteiger charge is 2.07. The first-order chi connectivity index (χ1) is 2.89. The van der Waals surface area contributed by atoms with Gasteiger partial charge in [0.25, 0.3) is 0 Å². The number of thioether (sulfide) groups is 1. The topological polar surface area (TPSA) is 20.1 Å². The van der Waals surface area contributed by atoms with E-state index in [2.05, 4.69) is 0 Å². The van der Waals surface area contributed by atoms with E-state index in [1.807, 2.05) is 0 Å². The summed E-state index contributed by atoms with van der Waals surface area (Å²) in [7, 11) is 0. The van der Waals surface area contributed by atoms with E-state index in [4.69, 9.17) is 0 Å². The number of hydrogen-bond acceptors (Lipinski definition) is 2. The monoisotopic (exact) mass is 102 g/mol. The van der Waals surface area contributed by atoms with Crippen LogP contribution in [0.25, 0.3) is 0 Å². The van der Waals surface area contributed by atoms with Crippen LogP contribution in [0, 0.1) is 4.91 Å². The molecule has 0 aromatic heterocycles. The van der Waals surface area contributed by atoms with Crippen molar-refractivity contribution in [2.24, 2.45) is 0 Å². The van der Waals surface area contributed by atoms with Crippen molar-refractivity contribution in [3.05, 3.63) is 16.5 Å². The lowest BCUT2D eigenvalue weighted by atomic mass is 11.0. The molecular formula is C3H4NOS+. The summed E-state index contributed by atoms with van der Waals surface area (Å²) in [6.45, 7) is 0. The van der Waals surface area contributed by atoms with Gasteiger partial charge in [-0.15, -0.1) is 0 Å². The largest absolute Gasteiger partial charge is 0.247 e. The van der Waals surface area contributed by atoms with Gasteiger partial charge in [-0.3, -0.25) is 0 Å². The smallest absolute Gasteiger partial charge is 0.0526 e. The normalized spacial score (nSPS) is 19.7. The minimum atomic E-state index is 0.569. The molecule has 0 spiro atoms. The first kappa shape index (κ1) is 3.87. The van der Waals surface area contributed by atoms with Crippen LogP contribution < -0.4 is 0 Å². The molecule has 2 nitrogen and oxygen atoms in total. The lowest BCUT2D eigenvalue weighted by molar-refractivity contribution is -0.452. The Hall–Kier alpha value is -0.310. The van der Waals surface area contributed by atoms with Gasteiger partial charge in [-0.2, -0.15) is 0 Å². The second kappa shape index (κ2) is 1.43. The van der Waals surface area contributed by atoms with Gasteiger partial charge in [0, 0.05) is 15.1 Å². The lowest BCUT2D eigenvalue weighted by Crippen LogP contribution is -1.88. The zero-order valence-electron chi connectivity index (χ0n) is 3.13. The molecule has 1 rings (SSSR count). The zero-order chi connectivity index (χ0) is 4.41. The maximum atomic E-state index is 10.1. The molecule has 3 heteroatoms. The Morgan fingerprint density at radius 1 is 1.83 bits per heavy atom. The Balaban J connectivity index is 2.59. The second-order valence-corrected chi connectivity index (χ2v) is 1.86. The van der Waals surface area contributed by atoms with Crippen LogP contribution in [0.2, 0.25) is 0 Å². The van der Waals surface area contributed by atoms with Gasteiger partial charge in [-0.25, -0.2) is 0 Å². The van der Waals surface area contributed by atoms with Crippen molar-refractivity contribution in [2.45, 2.75) is 0 Å². The van der Waals surface area contributed by atoms with E-state index in [1.165, 1.54) is 18.0 Å². The van der Waals surface area contributed by atoms with Crippen molar-refractivity contribution in [3.63, 3.8) is 0 Å². The molecule has 0 saturated heterocycles. The van der Waals surface area contributed by atoms with Crippen LogP contribution in [0.5, 0.6) is 0 Å². The molecule has 6 heavy (non-hydrogen) atoms. The lowest BCUT2D eigenvalue weighted by Gasteiger charge is -1.63. The molecule has 0 aromatic rings. The van der Waals surface area contributed by atoms with Crippen LogP contribution in [0.3, 0.4) is 0 Å². The van der Waals surface area contributed by atoms with Crippen LogP contribution in [0.4, 0.5) is 0 Å². The second-order valence-electron chi connectivity index (χ2n) is 0.998. The first-order valence-electron chi connectivity index (χ1n) is 1.61. The quantitative estimate of drug-likeness (QED) is 0.424. The van der Waals surface area contributed by atoms with Gasteiger partial charge in [0.05, 0.1) is 0 Å². The molecule has 0 radical (unpaired) electrons. The third kappa shape index (κ3) is 0.597. The van der Waals surface area contributed by atoms with E-state index in [0.29, 0.717) is 5.88 Å². The summed E-state index contributed by atoms with van der Waals surface area (Å²) in [5, 5.41) is 1.78. The molecule has 0 unspecified atom stereocenters. The van der Waals surface area contributed by atoms with E-state index in [-0.39, 0.29) is 0 Å². The van der Waals surface area contributed by atoms with Crippen molar-refractivity contribution in [2.75, 3.05) is 5.88 Å². The van der Waals surface area contributed by atoms with Gasteiger partial charge in [0.1, 0.15) is 0 Å². The number of nitrogens with zero attached hydrogens (tertiary/aromatic N) is 1. The minimum absolute atomic E-state index is 0.569. The molecule has 0 bridgehead atoms. The predicted molar refractivity (Wildman–Crippen MR) is 25.2 cm³/mol. The van der Waals surface area contributed by atoms with Gasteiger partial charge in [-0.05, 0) is 0 Å². The molecule has 0 aliphatic carbocycles. The number of nitroso groups, excluding NO2 is 1. The third-order valence-electron chi connectivity index (χ3n) is 0.525. The molecule has 0 saturated carbocycles. The fourth-order valence-electron chi connectivity index (χ4n) is 0.270. The molecule has 0 amide bonds.